The molecule has 0 bridgehead atoms. The van der Waals surface area contributed by atoms with E-state index in [9.17, 15) is 9.59 Å². The molecule has 1 atom stereocenters. The molecule has 29 heavy (non-hydrogen) atoms. The second kappa shape index (κ2) is 7.51. The van der Waals surface area contributed by atoms with Gasteiger partial charge in [-0.25, -0.2) is 0 Å². The predicted octanol–water partition coefficient (Wildman–Crippen LogP) is 4.54. The SMILES string of the molecule is Cc1ccc(NC(=O)c2cncc(C(=O)N3c4ccccc4CC3C)c2)cc1C. The molecule has 2 heterocycles. The van der Waals surface area contributed by atoms with Crippen molar-refractivity contribution in [2.24, 2.45) is 0 Å². The maximum absolute atomic E-state index is 13.2. The number of benzene rings is 2. The summed E-state index contributed by atoms with van der Waals surface area (Å²) in [5.74, 6) is -0.430. The molecule has 1 unspecified atom stereocenters. The first-order valence-electron chi connectivity index (χ1n) is 9.69. The molecular formula is C24H23N3O2. The van der Waals surface area contributed by atoms with Crippen molar-refractivity contribution < 1.29 is 9.59 Å². The number of nitrogens with zero attached hydrogens (tertiary/aromatic N) is 2. The first-order chi connectivity index (χ1) is 13.9. The zero-order valence-corrected chi connectivity index (χ0v) is 16.8. The minimum absolute atomic E-state index is 0.0629. The molecule has 4 rings (SSSR count). The fraction of sp³-hybridized carbons (Fsp3) is 0.208. The fourth-order valence-electron chi connectivity index (χ4n) is 3.72. The van der Waals surface area contributed by atoms with E-state index in [4.69, 9.17) is 0 Å². The lowest BCUT2D eigenvalue weighted by Gasteiger charge is -2.22. The van der Waals surface area contributed by atoms with Gasteiger partial charge in [0.15, 0.2) is 0 Å². The molecule has 5 nitrogen and oxygen atoms in total. The molecule has 0 aliphatic carbocycles. The number of aryl methyl sites for hydroxylation is 2. The van der Waals surface area contributed by atoms with E-state index in [0.29, 0.717) is 11.1 Å². The average Bonchev–Trinajstić information content (AvgIpc) is 3.06. The van der Waals surface area contributed by atoms with Crippen LogP contribution in [-0.2, 0) is 6.42 Å². The van der Waals surface area contributed by atoms with Gasteiger partial charge in [-0.2, -0.15) is 0 Å². The van der Waals surface area contributed by atoms with E-state index in [0.717, 1.165) is 34.5 Å². The van der Waals surface area contributed by atoms with Gasteiger partial charge in [0.25, 0.3) is 11.8 Å². The Bertz CT molecular complexity index is 1110. The molecule has 2 amide bonds. The summed E-state index contributed by atoms with van der Waals surface area (Å²) in [4.78, 5) is 31.8. The summed E-state index contributed by atoms with van der Waals surface area (Å²) in [6.07, 6.45) is 3.82. The number of carbonyl (C=O) groups is 2. The van der Waals surface area contributed by atoms with E-state index >= 15 is 0 Å². The number of hydrogen-bond donors (Lipinski definition) is 1. The molecule has 5 heteroatoms. The van der Waals surface area contributed by atoms with Gasteiger partial charge < -0.3 is 10.2 Å². The summed E-state index contributed by atoms with van der Waals surface area (Å²) in [7, 11) is 0. The maximum Gasteiger partial charge on any atom is 0.260 e. The standard InChI is InChI=1S/C24H23N3O2/c1-15-8-9-21(10-16(15)2)26-23(28)19-12-20(14-25-13-19)24(29)27-17(3)11-18-6-4-5-7-22(18)27/h4-10,12-14,17H,11H2,1-3H3,(H,26,28). The van der Waals surface area contributed by atoms with E-state index in [1.54, 1.807) is 11.0 Å². The number of aromatic nitrogens is 1. The topological polar surface area (TPSA) is 62.3 Å². The fourth-order valence-corrected chi connectivity index (χ4v) is 3.72. The molecule has 0 radical (unpaired) electrons. The minimum atomic E-state index is -0.287. The summed E-state index contributed by atoms with van der Waals surface area (Å²) >= 11 is 0. The third-order valence-electron chi connectivity index (χ3n) is 5.44. The van der Waals surface area contributed by atoms with Crippen LogP contribution in [0.5, 0.6) is 0 Å². The Labute approximate surface area is 170 Å². The van der Waals surface area contributed by atoms with E-state index in [1.165, 1.54) is 12.4 Å². The molecular weight excluding hydrogens is 362 g/mol. The summed E-state index contributed by atoms with van der Waals surface area (Å²) in [6.45, 7) is 6.06. The van der Waals surface area contributed by atoms with Crippen LogP contribution in [0.2, 0.25) is 0 Å². The lowest BCUT2D eigenvalue weighted by Crippen LogP contribution is -2.35. The largest absolute Gasteiger partial charge is 0.322 e. The first kappa shape index (κ1) is 18.9. The van der Waals surface area contributed by atoms with Gasteiger partial charge in [-0.15, -0.1) is 0 Å². The van der Waals surface area contributed by atoms with Crippen molar-refractivity contribution in [1.29, 1.82) is 0 Å². The van der Waals surface area contributed by atoms with Crippen LogP contribution in [0, 0.1) is 13.8 Å². The number of nitrogens with one attached hydrogen (secondary N) is 1. The van der Waals surface area contributed by atoms with Crippen LogP contribution < -0.4 is 10.2 Å². The van der Waals surface area contributed by atoms with Gasteiger partial charge in [-0.3, -0.25) is 14.6 Å². The number of pyridine rings is 1. The number of anilines is 2. The van der Waals surface area contributed by atoms with Gasteiger partial charge >= 0.3 is 0 Å². The van der Waals surface area contributed by atoms with Gasteiger partial charge in [0.05, 0.1) is 11.1 Å². The second-order valence-corrected chi connectivity index (χ2v) is 7.57. The Hall–Kier alpha value is -3.47. The summed E-state index contributed by atoms with van der Waals surface area (Å²) in [5.41, 5.74) is 5.83. The normalized spacial score (nSPS) is 15.1. The molecule has 3 aromatic rings. The van der Waals surface area contributed by atoms with Crippen molar-refractivity contribution in [3.8, 4) is 0 Å². The average molecular weight is 385 g/mol. The maximum atomic E-state index is 13.2. The quantitative estimate of drug-likeness (QED) is 0.720. The van der Waals surface area contributed by atoms with Gasteiger partial charge in [-0.1, -0.05) is 24.3 Å². The molecule has 1 N–H and O–H groups in total. The summed E-state index contributed by atoms with van der Waals surface area (Å²) < 4.78 is 0. The monoisotopic (exact) mass is 385 g/mol. The zero-order chi connectivity index (χ0) is 20.5. The number of para-hydroxylation sites is 1. The highest BCUT2D eigenvalue weighted by molar-refractivity contribution is 6.10. The first-order valence-corrected chi connectivity index (χ1v) is 9.69. The van der Waals surface area contributed by atoms with Crippen LogP contribution >= 0.6 is 0 Å². The van der Waals surface area contributed by atoms with E-state index in [2.05, 4.69) is 10.3 Å². The minimum Gasteiger partial charge on any atom is -0.322 e. The molecule has 1 aliphatic heterocycles. The number of hydrogen-bond acceptors (Lipinski definition) is 3. The molecule has 0 saturated heterocycles. The van der Waals surface area contributed by atoms with Crippen molar-refractivity contribution in [1.82, 2.24) is 4.98 Å². The van der Waals surface area contributed by atoms with Gasteiger partial charge in [0.1, 0.15) is 0 Å². The second-order valence-electron chi connectivity index (χ2n) is 7.57. The Kier molecular flexibility index (Phi) is 4.89. The highest BCUT2D eigenvalue weighted by Crippen LogP contribution is 2.33. The molecule has 146 valence electrons. The molecule has 2 aromatic carbocycles. The van der Waals surface area contributed by atoms with Crippen molar-refractivity contribution >= 4 is 23.2 Å². The summed E-state index contributed by atoms with van der Waals surface area (Å²) in [5, 5.41) is 2.88. The number of fused-ring (bicyclic) bond motifs is 1. The van der Waals surface area contributed by atoms with Crippen molar-refractivity contribution in [2.45, 2.75) is 33.2 Å². The predicted molar refractivity (Wildman–Crippen MR) is 115 cm³/mol. The Balaban J connectivity index is 1.58. The van der Waals surface area contributed by atoms with Crippen LogP contribution in [0.4, 0.5) is 11.4 Å². The van der Waals surface area contributed by atoms with Crippen molar-refractivity contribution in [3.05, 3.63) is 88.7 Å². The lowest BCUT2D eigenvalue weighted by atomic mass is 10.1. The molecule has 0 spiro atoms. The Morgan fingerprint density at radius 2 is 1.76 bits per heavy atom. The van der Waals surface area contributed by atoms with E-state index < -0.39 is 0 Å². The Morgan fingerprint density at radius 3 is 2.55 bits per heavy atom. The van der Waals surface area contributed by atoms with Gasteiger partial charge in [0.2, 0.25) is 0 Å². The van der Waals surface area contributed by atoms with Crippen LogP contribution in [0.15, 0.2) is 60.9 Å². The van der Waals surface area contributed by atoms with Crippen LogP contribution in [0.25, 0.3) is 0 Å². The number of carbonyl (C=O) groups excluding carboxylic acids is 2. The highest BCUT2D eigenvalue weighted by Gasteiger charge is 2.31. The van der Waals surface area contributed by atoms with Gasteiger partial charge in [0, 0.05) is 29.8 Å². The third-order valence-corrected chi connectivity index (χ3v) is 5.44. The highest BCUT2D eigenvalue weighted by atomic mass is 16.2. The molecule has 1 aromatic heterocycles. The molecule has 0 fully saturated rings. The lowest BCUT2D eigenvalue weighted by molar-refractivity contribution is 0.0981. The van der Waals surface area contributed by atoms with Gasteiger partial charge in [-0.05, 0) is 68.1 Å². The van der Waals surface area contributed by atoms with Crippen LogP contribution in [-0.4, -0.2) is 22.8 Å². The Morgan fingerprint density at radius 1 is 1.00 bits per heavy atom. The van der Waals surface area contributed by atoms with Crippen LogP contribution in [0.1, 0.15) is 44.3 Å². The number of amides is 2. The van der Waals surface area contributed by atoms with E-state index in [-0.39, 0.29) is 17.9 Å². The smallest absolute Gasteiger partial charge is 0.260 e. The molecule has 0 saturated carbocycles. The zero-order valence-electron chi connectivity index (χ0n) is 16.8. The number of rotatable bonds is 3. The summed E-state index contributed by atoms with van der Waals surface area (Å²) in [6, 6.07) is 15.4. The third kappa shape index (κ3) is 3.63. The van der Waals surface area contributed by atoms with Crippen molar-refractivity contribution in [2.75, 3.05) is 10.2 Å². The molecule has 1 aliphatic rings. The van der Waals surface area contributed by atoms with Crippen LogP contribution in [0.3, 0.4) is 0 Å². The van der Waals surface area contributed by atoms with Crippen molar-refractivity contribution in [3.63, 3.8) is 0 Å². The van der Waals surface area contributed by atoms with E-state index in [1.807, 2.05) is 63.2 Å².